The normalized spacial score (nSPS) is 17.8. The summed E-state index contributed by atoms with van der Waals surface area (Å²) in [6.07, 6.45) is 1.43. The highest BCUT2D eigenvalue weighted by Gasteiger charge is 2.21. The summed E-state index contributed by atoms with van der Waals surface area (Å²) in [5.41, 5.74) is 2.53. The lowest BCUT2D eigenvalue weighted by atomic mass is 10.1. The van der Waals surface area contributed by atoms with Crippen molar-refractivity contribution in [1.82, 2.24) is 0 Å². The third-order valence-electron chi connectivity index (χ3n) is 3.01. The first-order valence-electron chi connectivity index (χ1n) is 6.42. The van der Waals surface area contributed by atoms with E-state index in [2.05, 4.69) is 19.9 Å². The summed E-state index contributed by atoms with van der Waals surface area (Å²) >= 11 is 0. The quantitative estimate of drug-likeness (QED) is 0.411. The van der Waals surface area contributed by atoms with E-state index in [1.54, 1.807) is 0 Å². The zero-order chi connectivity index (χ0) is 12.8. The number of rotatable bonds is 8. The molecular formula is C14H20O3Si. The molecule has 2 radical (unpaired) electrons. The first kappa shape index (κ1) is 13.6. The van der Waals surface area contributed by atoms with Crippen LogP contribution in [-0.4, -0.2) is 35.7 Å². The van der Waals surface area contributed by atoms with Crippen LogP contribution in [0.5, 0.6) is 5.75 Å². The molecule has 1 aliphatic rings. The van der Waals surface area contributed by atoms with E-state index in [0.29, 0.717) is 15.9 Å². The van der Waals surface area contributed by atoms with Gasteiger partial charge in [0.25, 0.3) is 0 Å². The maximum Gasteiger partial charge on any atom is 0.310 e. The minimum Gasteiger partial charge on any atom is -0.541 e. The van der Waals surface area contributed by atoms with E-state index in [0.717, 1.165) is 38.0 Å². The maximum atomic E-state index is 5.81. The number of ether oxygens (including phenoxy) is 2. The maximum absolute atomic E-state index is 5.81. The molecule has 0 aromatic heterocycles. The first-order valence-corrected chi connectivity index (χ1v) is 7.54. The highest BCUT2D eigenvalue weighted by molar-refractivity contribution is 6.28. The van der Waals surface area contributed by atoms with Crippen LogP contribution in [-0.2, 0) is 9.47 Å². The molecule has 1 unspecified atom stereocenters. The number of epoxide rings is 1. The monoisotopic (exact) mass is 264 g/mol. The van der Waals surface area contributed by atoms with Gasteiger partial charge in [-0.2, -0.15) is 0 Å². The zero-order valence-electron chi connectivity index (χ0n) is 11.1. The third-order valence-corrected chi connectivity index (χ3v) is 3.93. The summed E-state index contributed by atoms with van der Waals surface area (Å²) in [4.78, 5) is 0. The summed E-state index contributed by atoms with van der Waals surface area (Å²) in [5, 5.41) is 0. The van der Waals surface area contributed by atoms with Gasteiger partial charge in [0.15, 0.2) is 0 Å². The summed E-state index contributed by atoms with van der Waals surface area (Å²) in [7, 11) is 0.513. The Morgan fingerprint density at radius 3 is 3.00 bits per heavy atom. The Hall–Kier alpha value is -0.843. The van der Waals surface area contributed by atoms with Crippen LogP contribution in [0, 0.1) is 13.8 Å². The number of aryl methyl sites for hydroxylation is 1. The van der Waals surface area contributed by atoms with Crippen molar-refractivity contribution in [3.63, 3.8) is 0 Å². The van der Waals surface area contributed by atoms with Crippen LogP contribution >= 0.6 is 0 Å². The summed E-state index contributed by atoms with van der Waals surface area (Å²) in [5.74, 6) is 1.01. The van der Waals surface area contributed by atoms with E-state index >= 15 is 0 Å². The standard InChI is InChI=1S/C14H20O3Si/c1-11-5-3-6-14(12(11)2)17-18-8-4-7-15-9-13-10-16-13/h3,5-6,13H,4,7-10H2,1-2H3. The number of hydrogen-bond acceptors (Lipinski definition) is 3. The van der Waals surface area contributed by atoms with Gasteiger partial charge in [-0.3, -0.25) is 0 Å². The average molecular weight is 264 g/mol. The van der Waals surface area contributed by atoms with Crippen LogP contribution in [0.4, 0.5) is 0 Å². The van der Waals surface area contributed by atoms with Crippen molar-refractivity contribution in [3.8, 4) is 5.75 Å². The molecule has 0 bridgehead atoms. The van der Waals surface area contributed by atoms with Crippen molar-refractivity contribution in [3.05, 3.63) is 29.3 Å². The molecule has 0 spiro atoms. The van der Waals surface area contributed by atoms with Crippen molar-refractivity contribution in [2.24, 2.45) is 0 Å². The number of benzene rings is 1. The molecule has 4 heteroatoms. The van der Waals surface area contributed by atoms with Gasteiger partial charge in [0.1, 0.15) is 11.9 Å². The predicted molar refractivity (Wildman–Crippen MR) is 72.3 cm³/mol. The largest absolute Gasteiger partial charge is 0.541 e. The fourth-order valence-corrected chi connectivity index (χ4v) is 2.36. The molecule has 98 valence electrons. The summed E-state index contributed by atoms with van der Waals surface area (Å²) in [6, 6.07) is 7.25. The van der Waals surface area contributed by atoms with Gasteiger partial charge in [0.05, 0.1) is 13.2 Å². The van der Waals surface area contributed by atoms with Gasteiger partial charge in [-0.05, 0) is 43.5 Å². The van der Waals surface area contributed by atoms with Crippen molar-refractivity contribution in [2.75, 3.05) is 19.8 Å². The second-order valence-corrected chi connectivity index (χ2v) is 5.57. The lowest BCUT2D eigenvalue weighted by Crippen LogP contribution is -2.07. The van der Waals surface area contributed by atoms with Gasteiger partial charge in [-0.1, -0.05) is 12.1 Å². The van der Waals surface area contributed by atoms with E-state index in [4.69, 9.17) is 13.9 Å². The molecule has 1 aliphatic heterocycles. The van der Waals surface area contributed by atoms with Gasteiger partial charge in [0.2, 0.25) is 0 Å². The van der Waals surface area contributed by atoms with Gasteiger partial charge >= 0.3 is 9.76 Å². The average Bonchev–Trinajstić information content (AvgIpc) is 3.17. The molecule has 0 aliphatic carbocycles. The molecule has 1 aromatic rings. The lowest BCUT2D eigenvalue weighted by Gasteiger charge is -2.10. The van der Waals surface area contributed by atoms with Crippen molar-refractivity contribution >= 4 is 9.76 Å². The Morgan fingerprint density at radius 2 is 2.22 bits per heavy atom. The van der Waals surface area contributed by atoms with E-state index in [9.17, 15) is 0 Å². The minimum absolute atomic E-state index is 0.374. The first-order chi connectivity index (χ1) is 8.77. The van der Waals surface area contributed by atoms with E-state index in [-0.39, 0.29) is 0 Å². The van der Waals surface area contributed by atoms with Crippen LogP contribution in [0.3, 0.4) is 0 Å². The van der Waals surface area contributed by atoms with Crippen LogP contribution in [0.15, 0.2) is 18.2 Å². The van der Waals surface area contributed by atoms with Crippen LogP contribution in [0.1, 0.15) is 17.5 Å². The Bertz CT molecular complexity index is 377. The van der Waals surface area contributed by atoms with E-state index in [1.807, 2.05) is 12.1 Å². The van der Waals surface area contributed by atoms with Crippen LogP contribution < -0.4 is 4.43 Å². The van der Waals surface area contributed by atoms with Crippen molar-refractivity contribution < 1.29 is 13.9 Å². The molecule has 1 fully saturated rings. The molecule has 1 aromatic carbocycles. The molecule has 18 heavy (non-hydrogen) atoms. The zero-order valence-corrected chi connectivity index (χ0v) is 12.1. The molecular weight excluding hydrogens is 244 g/mol. The molecule has 0 N–H and O–H groups in total. The molecule has 0 saturated carbocycles. The third kappa shape index (κ3) is 4.44. The highest BCUT2D eigenvalue weighted by Crippen LogP contribution is 2.20. The molecule has 1 heterocycles. The summed E-state index contributed by atoms with van der Waals surface area (Å²) < 4.78 is 16.4. The fraction of sp³-hybridized carbons (Fsp3) is 0.571. The Morgan fingerprint density at radius 1 is 1.39 bits per heavy atom. The second kappa shape index (κ2) is 6.92. The number of hydrogen-bond donors (Lipinski definition) is 0. The second-order valence-electron chi connectivity index (χ2n) is 4.58. The Labute approximate surface area is 111 Å². The van der Waals surface area contributed by atoms with Crippen LogP contribution in [0.25, 0.3) is 0 Å². The Kier molecular flexibility index (Phi) is 5.22. The predicted octanol–water partition coefficient (Wildman–Crippen LogP) is 2.53. The fourth-order valence-electron chi connectivity index (χ4n) is 1.59. The van der Waals surface area contributed by atoms with Gasteiger partial charge < -0.3 is 13.9 Å². The summed E-state index contributed by atoms with van der Waals surface area (Å²) in [6.45, 7) is 6.65. The molecule has 0 amide bonds. The smallest absolute Gasteiger partial charge is 0.310 e. The van der Waals surface area contributed by atoms with Gasteiger partial charge in [-0.15, -0.1) is 0 Å². The molecule has 3 nitrogen and oxygen atoms in total. The highest BCUT2D eigenvalue weighted by atomic mass is 28.2. The van der Waals surface area contributed by atoms with Crippen LogP contribution in [0.2, 0.25) is 6.04 Å². The Balaban J connectivity index is 1.55. The molecule has 1 atom stereocenters. The minimum atomic E-state index is 0.374. The molecule has 2 rings (SSSR count). The molecule has 1 saturated heterocycles. The lowest BCUT2D eigenvalue weighted by molar-refractivity contribution is 0.117. The van der Waals surface area contributed by atoms with Crippen molar-refractivity contribution in [1.29, 1.82) is 0 Å². The van der Waals surface area contributed by atoms with E-state index < -0.39 is 0 Å². The SMILES string of the molecule is Cc1cccc(O[Si]CCCOCC2CO2)c1C. The van der Waals surface area contributed by atoms with Crippen molar-refractivity contribution in [2.45, 2.75) is 32.4 Å². The van der Waals surface area contributed by atoms with Gasteiger partial charge in [0, 0.05) is 6.61 Å². The van der Waals surface area contributed by atoms with E-state index in [1.165, 1.54) is 11.1 Å². The van der Waals surface area contributed by atoms with Gasteiger partial charge in [-0.25, -0.2) is 0 Å². The topological polar surface area (TPSA) is 31.0 Å².